The number of halogens is 2. The van der Waals surface area contributed by atoms with Gasteiger partial charge in [-0.2, -0.15) is 0 Å². The Hall–Kier alpha value is -1.26. The molecule has 4 nitrogen and oxygen atoms in total. The van der Waals surface area contributed by atoms with Crippen LogP contribution >= 0.6 is 23.2 Å². The van der Waals surface area contributed by atoms with E-state index in [1.54, 1.807) is 18.2 Å². The molecule has 1 aromatic rings. The molecule has 17 heavy (non-hydrogen) atoms. The van der Waals surface area contributed by atoms with Crippen molar-refractivity contribution in [3.63, 3.8) is 0 Å². The minimum Gasteiger partial charge on any atom is -0.481 e. The molecule has 0 saturated carbocycles. The lowest BCUT2D eigenvalue weighted by Gasteiger charge is -2.07. The largest absolute Gasteiger partial charge is 0.481 e. The van der Waals surface area contributed by atoms with Gasteiger partial charge in [0.1, 0.15) is 0 Å². The van der Waals surface area contributed by atoms with E-state index in [1.807, 2.05) is 0 Å². The van der Waals surface area contributed by atoms with Gasteiger partial charge in [0.15, 0.2) is 0 Å². The second-order valence-electron chi connectivity index (χ2n) is 3.37. The fraction of sp³-hybridized carbons (Fsp3) is 0.273. The van der Waals surface area contributed by atoms with Gasteiger partial charge in [0.25, 0.3) is 0 Å². The zero-order valence-corrected chi connectivity index (χ0v) is 10.4. The molecule has 0 aliphatic carbocycles. The molecule has 0 bridgehead atoms. The zero-order chi connectivity index (χ0) is 12.8. The SMILES string of the molecule is O=C(O)CCNC(=O)Cc1c(Cl)cccc1Cl. The average Bonchev–Trinajstić information content (AvgIpc) is 2.23. The number of aliphatic carboxylic acids is 1. The number of carbonyl (C=O) groups excluding carboxylic acids is 1. The van der Waals surface area contributed by atoms with Crippen LogP contribution in [0.2, 0.25) is 10.0 Å². The van der Waals surface area contributed by atoms with Crippen molar-refractivity contribution >= 4 is 35.1 Å². The summed E-state index contributed by atoms with van der Waals surface area (Å²) in [6, 6.07) is 4.98. The van der Waals surface area contributed by atoms with E-state index in [2.05, 4.69) is 5.32 Å². The van der Waals surface area contributed by atoms with Crippen molar-refractivity contribution in [3.8, 4) is 0 Å². The Morgan fingerprint density at radius 2 is 1.82 bits per heavy atom. The Morgan fingerprint density at radius 3 is 2.35 bits per heavy atom. The molecule has 0 unspecified atom stereocenters. The van der Waals surface area contributed by atoms with Crippen molar-refractivity contribution < 1.29 is 14.7 Å². The first-order chi connectivity index (χ1) is 8.00. The third-order valence-electron chi connectivity index (χ3n) is 2.06. The van der Waals surface area contributed by atoms with Crippen LogP contribution in [0.1, 0.15) is 12.0 Å². The van der Waals surface area contributed by atoms with Gasteiger partial charge in [-0.25, -0.2) is 0 Å². The molecule has 0 aromatic heterocycles. The molecular formula is C11H11Cl2NO3. The van der Waals surface area contributed by atoms with Crippen LogP contribution in [0, 0.1) is 0 Å². The highest BCUT2D eigenvalue weighted by Gasteiger charge is 2.10. The fourth-order valence-corrected chi connectivity index (χ4v) is 1.76. The van der Waals surface area contributed by atoms with Crippen molar-refractivity contribution in [3.05, 3.63) is 33.8 Å². The predicted molar refractivity (Wildman–Crippen MR) is 65.4 cm³/mol. The van der Waals surface area contributed by atoms with Gasteiger partial charge in [0, 0.05) is 16.6 Å². The monoisotopic (exact) mass is 275 g/mol. The third-order valence-corrected chi connectivity index (χ3v) is 2.77. The molecule has 0 spiro atoms. The molecule has 6 heteroatoms. The van der Waals surface area contributed by atoms with Gasteiger partial charge < -0.3 is 10.4 Å². The number of benzene rings is 1. The van der Waals surface area contributed by atoms with Crippen molar-refractivity contribution in [2.45, 2.75) is 12.8 Å². The van der Waals surface area contributed by atoms with E-state index < -0.39 is 5.97 Å². The summed E-state index contributed by atoms with van der Waals surface area (Å²) in [7, 11) is 0. The Bertz CT molecular complexity index is 414. The van der Waals surface area contributed by atoms with E-state index in [9.17, 15) is 9.59 Å². The summed E-state index contributed by atoms with van der Waals surface area (Å²) >= 11 is 11.8. The lowest BCUT2D eigenvalue weighted by molar-refractivity contribution is -0.136. The topological polar surface area (TPSA) is 66.4 Å². The number of carboxylic acids is 1. The molecule has 0 saturated heterocycles. The smallest absolute Gasteiger partial charge is 0.305 e. The Morgan fingerprint density at radius 1 is 1.24 bits per heavy atom. The van der Waals surface area contributed by atoms with Crippen LogP contribution in [0.15, 0.2) is 18.2 Å². The zero-order valence-electron chi connectivity index (χ0n) is 8.87. The summed E-state index contributed by atoms with van der Waals surface area (Å²) in [5, 5.41) is 11.7. The lowest BCUT2D eigenvalue weighted by atomic mass is 10.1. The summed E-state index contributed by atoms with van der Waals surface area (Å²) in [5.74, 6) is -1.26. The van der Waals surface area contributed by atoms with Gasteiger partial charge in [0.05, 0.1) is 12.8 Å². The highest BCUT2D eigenvalue weighted by molar-refractivity contribution is 6.36. The van der Waals surface area contributed by atoms with Crippen LogP contribution in [-0.2, 0) is 16.0 Å². The normalized spacial score (nSPS) is 10.0. The molecule has 0 aliphatic heterocycles. The summed E-state index contributed by atoms with van der Waals surface area (Å²) < 4.78 is 0. The number of nitrogens with one attached hydrogen (secondary N) is 1. The number of rotatable bonds is 5. The molecule has 2 N–H and O–H groups in total. The Labute approximate surface area is 109 Å². The fourth-order valence-electron chi connectivity index (χ4n) is 1.23. The molecule has 0 radical (unpaired) electrons. The van der Waals surface area contributed by atoms with Gasteiger partial charge in [-0.15, -0.1) is 0 Å². The van der Waals surface area contributed by atoms with Crippen LogP contribution in [0.5, 0.6) is 0 Å². The van der Waals surface area contributed by atoms with E-state index in [0.29, 0.717) is 15.6 Å². The summed E-state index contributed by atoms with van der Waals surface area (Å²) in [6.07, 6.45) is -0.0693. The van der Waals surface area contributed by atoms with Crippen molar-refractivity contribution in [2.75, 3.05) is 6.54 Å². The Kier molecular flexibility index (Phi) is 5.25. The average molecular weight is 276 g/mol. The van der Waals surface area contributed by atoms with E-state index in [4.69, 9.17) is 28.3 Å². The predicted octanol–water partition coefficient (Wildman–Crippen LogP) is 2.13. The third kappa shape index (κ3) is 4.63. The van der Waals surface area contributed by atoms with Crippen LogP contribution in [0.4, 0.5) is 0 Å². The van der Waals surface area contributed by atoms with Crippen molar-refractivity contribution in [1.82, 2.24) is 5.32 Å². The first-order valence-electron chi connectivity index (χ1n) is 4.92. The number of carboxylic acid groups (broad SMARTS) is 1. The molecule has 1 aromatic carbocycles. The van der Waals surface area contributed by atoms with E-state index in [1.165, 1.54) is 0 Å². The first-order valence-corrected chi connectivity index (χ1v) is 5.67. The quantitative estimate of drug-likeness (QED) is 0.865. The number of carbonyl (C=O) groups is 2. The maximum absolute atomic E-state index is 11.5. The standard InChI is InChI=1S/C11H11Cl2NO3/c12-8-2-1-3-9(13)7(8)6-10(15)14-5-4-11(16)17/h1-3H,4-6H2,(H,14,15)(H,16,17). The molecule has 1 rings (SSSR count). The molecule has 1 amide bonds. The first kappa shape index (κ1) is 13.8. The molecule has 0 fully saturated rings. The van der Waals surface area contributed by atoms with E-state index in [-0.39, 0.29) is 25.3 Å². The van der Waals surface area contributed by atoms with Crippen LogP contribution in [0.3, 0.4) is 0 Å². The van der Waals surface area contributed by atoms with Gasteiger partial charge in [-0.3, -0.25) is 9.59 Å². The Balaban J connectivity index is 2.53. The second-order valence-corrected chi connectivity index (χ2v) is 4.19. The summed E-state index contributed by atoms with van der Waals surface area (Å²) in [6.45, 7) is 0.0935. The maximum Gasteiger partial charge on any atom is 0.305 e. The van der Waals surface area contributed by atoms with E-state index in [0.717, 1.165) is 0 Å². The van der Waals surface area contributed by atoms with Gasteiger partial charge >= 0.3 is 5.97 Å². The van der Waals surface area contributed by atoms with Crippen LogP contribution in [0.25, 0.3) is 0 Å². The summed E-state index contributed by atoms with van der Waals surface area (Å²) in [4.78, 5) is 21.7. The minimum absolute atomic E-state index is 0.0398. The highest BCUT2D eigenvalue weighted by Crippen LogP contribution is 2.24. The highest BCUT2D eigenvalue weighted by atomic mass is 35.5. The molecule has 92 valence electrons. The van der Waals surface area contributed by atoms with Gasteiger partial charge in [0.2, 0.25) is 5.91 Å². The number of hydrogen-bond donors (Lipinski definition) is 2. The number of hydrogen-bond acceptors (Lipinski definition) is 2. The molecule has 0 aliphatic rings. The van der Waals surface area contributed by atoms with Crippen molar-refractivity contribution in [2.24, 2.45) is 0 Å². The minimum atomic E-state index is -0.957. The maximum atomic E-state index is 11.5. The summed E-state index contributed by atoms with van der Waals surface area (Å²) in [5.41, 5.74) is 0.545. The van der Waals surface area contributed by atoms with Crippen LogP contribution < -0.4 is 5.32 Å². The molecular weight excluding hydrogens is 265 g/mol. The molecule has 0 atom stereocenters. The number of amides is 1. The lowest BCUT2D eigenvalue weighted by Crippen LogP contribution is -2.27. The van der Waals surface area contributed by atoms with E-state index >= 15 is 0 Å². The van der Waals surface area contributed by atoms with Crippen LogP contribution in [-0.4, -0.2) is 23.5 Å². The van der Waals surface area contributed by atoms with Gasteiger partial charge in [-0.05, 0) is 17.7 Å². The van der Waals surface area contributed by atoms with Crippen molar-refractivity contribution in [1.29, 1.82) is 0 Å². The van der Waals surface area contributed by atoms with Gasteiger partial charge in [-0.1, -0.05) is 29.3 Å². The molecule has 0 heterocycles. The second kappa shape index (κ2) is 6.47.